The number of ketones is 1. The van der Waals surface area contributed by atoms with Gasteiger partial charge in [-0.2, -0.15) is 0 Å². The second-order valence-corrected chi connectivity index (χ2v) is 7.00. The quantitative estimate of drug-likeness (QED) is 0.474. The molecule has 0 N–H and O–H groups in total. The van der Waals surface area contributed by atoms with E-state index in [1.54, 1.807) is 35.9 Å². The molecule has 0 aromatic carbocycles. The first-order chi connectivity index (χ1) is 9.75. The number of thioether (sulfide) groups is 2. The zero-order valence-electron chi connectivity index (χ0n) is 10.7. The number of Topliss-reactive ketones (excluding diaryl/α,β-unsaturated/α-hetero) is 1. The fourth-order valence-corrected chi connectivity index (χ4v) is 4.75. The Balaban J connectivity index is 1.80. The van der Waals surface area contributed by atoms with Gasteiger partial charge in [0.2, 0.25) is 5.78 Å². The average molecular weight is 307 g/mol. The molecule has 3 heterocycles. The lowest BCUT2D eigenvalue weighted by atomic mass is 10.0. The van der Waals surface area contributed by atoms with Crippen molar-refractivity contribution in [1.29, 1.82) is 0 Å². The van der Waals surface area contributed by atoms with Crippen LogP contribution in [0.1, 0.15) is 12.0 Å². The highest BCUT2D eigenvalue weighted by Gasteiger charge is 2.41. The van der Waals surface area contributed by atoms with Gasteiger partial charge in [0, 0.05) is 18.8 Å². The fourth-order valence-electron chi connectivity index (χ4n) is 2.13. The van der Waals surface area contributed by atoms with Crippen molar-refractivity contribution < 1.29 is 14.3 Å². The van der Waals surface area contributed by atoms with Crippen LogP contribution in [-0.4, -0.2) is 34.3 Å². The van der Waals surface area contributed by atoms with Crippen molar-refractivity contribution in [1.82, 2.24) is 4.98 Å². The van der Waals surface area contributed by atoms with Crippen molar-refractivity contribution in [2.45, 2.75) is 18.9 Å². The van der Waals surface area contributed by atoms with Crippen LogP contribution in [0, 0.1) is 0 Å². The van der Waals surface area contributed by atoms with Crippen molar-refractivity contribution in [3.63, 3.8) is 0 Å². The number of cyclic esters (lactones) is 1. The Labute approximate surface area is 125 Å². The molecule has 2 fully saturated rings. The van der Waals surface area contributed by atoms with E-state index in [4.69, 9.17) is 4.74 Å². The van der Waals surface area contributed by atoms with E-state index < -0.39 is 12.1 Å². The Morgan fingerprint density at radius 2 is 1.90 bits per heavy atom. The summed E-state index contributed by atoms with van der Waals surface area (Å²) in [6.07, 6.45) is 4.18. The van der Waals surface area contributed by atoms with E-state index in [9.17, 15) is 9.59 Å². The molecule has 0 saturated carbocycles. The molecule has 0 spiro atoms. The van der Waals surface area contributed by atoms with E-state index >= 15 is 0 Å². The molecule has 2 aliphatic rings. The number of aromatic nitrogens is 1. The summed E-state index contributed by atoms with van der Waals surface area (Å²) in [6, 6.07) is 3.66. The molecule has 20 heavy (non-hydrogen) atoms. The molecule has 4 nitrogen and oxygen atoms in total. The molecule has 0 bridgehead atoms. The third-order valence-corrected chi connectivity index (χ3v) is 5.75. The van der Waals surface area contributed by atoms with Gasteiger partial charge in [0.05, 0.1) is 4.24 Å². The number of rotatable bonds is 2. The minimum Gasteiger partial charge on any atom is -0.450 e. The summed E-state index contributed by atoms with van der Waals surface area (Å²) in [4.78, 5) is 28.3. The van der Waals surface area contributed by atoms with Gasteiger partial charge in [-0.3, -0.25) is 9.78 Å². The molecule has 1 aromatic rings. The van der Waals surface area contributed by atoms with Crippen LogP contribution in [0.5, 0.6) is 0 Å². The van der Waals surface area contributed by atoms with Crippen LogP contribution in [0.2, 0.25) is 0 Å². The number of ether oxygens (including phenoxy) is 1. The molecule has 0 radical (unpaired) electrons. The maximum absolute atomic E-state index is 12.4. The van der Waals surface area contributed by atoms with Gasteiger partial charge in [-0.15, -0.1) is 23.5 Å². The fraction of sp³-hybridized carbons (Fsp3) is 0.357. The molecule has 0 aliphatic carbocycles. The summed E-state index contributed by atoms with van der Waals surface area (Å²) in [5, 5.41) is 0. The van der Waals surface area contributed by atoms with Crippen molar-refractivity contribution >= 4 is 35.3 Å². The Bertz CT molecular complexity index is 563. The number of carbonyl (C=O) groups excluding carboxylic acids is 2. The standard InChI is InChI=1S/C14H13NO3S2/c16-12-10(8-9-2-4-15-5-3-9)18-13(17)11(12)14-19-6-1-7-20-14/h2-5,10H,1,6-8H2/t10-/m1/s1. The largest absolute Gasteiger partial charge is 0.450 e. The van der Waals surface area contributed by atoms with Crippen LogP contribution in [0.15, 0.2) is 34.3 Å². The van der Waals surface area contributed by atoms with Crippen molar-refractivity contribution in [3.8, 4) is 0 Å². The van der Waals surface area contributed by atoms with Gasteiger partial charge in [0.15, 0.2) is 6.10 Å². The van der Waals surface area contributed by atoms with E-state index in [1.807, 2.05) is 12.1 Å². The number of hydrogen-bond donors (Lipinski definition) is 0. The predicted molar refractivity (Wildman–Crippen MR) is 79.4 cm³/mol. The van der Waals surface area contributed by atoms with Gasteiger partial charge < -0.3 is 4.74 Å². The second-order valence-electron chi connectivity index (χ2n) is 4.53. The molecule has 3 rings (SSSR count). The van der Waals surface area contributed by atoms with Crippen LogP contribution < -0.4 is 0 Å². The van der Waals surface area contributed by atoms with E-state index in [0.29, 0.717) is 6.42 Å². The van der Waals surface area contributed by atoms with Gasteiger partial charge in [-0.1, -0.05) is 0 Å². The van der Waals surface area contributed by atoms with Crippen LogP contribution >= 0.6 is 23.5 Å². The maximum Gasteiger partial charge on any atom is 0.344 e. The van der Waals surface area contributed by atoms with Crippen LogP contribution in [0.25, 0.3) is 0 Å². The summed E-state index contributed by atoms with van der Waals surface area (Å²) < 4.78 is 6.09. The first kappa shape index (κ1) is 13.7. The van der Waals surface area contributed by atoms with Gasteiger partial charge in [0.1, 0.15) is 5.57 Å². The molecule has 1 atom stereocenters. The smallest absolute Gasteiger partial charge is 0.344 e. The minimum absolute atomic E-state index is 0.177. The molecule has 2 saturated heterocycles. The molecule has 104 valence electrons. The lowest BCUT2D eigenvalue weighted by Gasteiger charge is -2.13. The van der Waals surface area contributed by atoms with Crippen LogP contribution in [-0.2, 0) is 20.7 Å². The number of carbonyl (C=O) groups is 2. The molecule has 1 aromatic heterocycles. The maximum atomic E-state index is 12.4. The summed E-state index contributed by atoms with van der Waals surface area (Å²) in [5.41, 5.74) is 1.21. The predicted octanol–water partition coefficient (Wildman–Crippen LogP) is 2.20. The summed E-state index contributed by atoms with van der Waals surface area (Å²) in [6.45, 7) is 0. The van der Waals surface area contributed by atoms with Crippen molar-refractivity contribution in [2.24, 2.45) is 0 Å². The molecule has 6 heteroatoms. The van der Waals surface area contributed by atoms with E-state index in [1.165, 1.54) is 0 Å². The Morgan fingerprint density at radius 1 is 1.20 bits per heavy atom. The molecule has 0 unspecified atom stereocenters. The highest BCUT2D eigenvalue weighted by atomic mass is 32.2. The van der Waals surface area contributed by atoms with Gasteiger partial charge in [-0.05, 0) is 35.6 Å². The zero-order valence-corrected chi connectivity index (χ0v) is 12.3. The molecule has 2 aliphatic heterocycles. The highest BCUT2D eigenvalue weighted by Crippen LogP contribution is 2.39. The SMILES string of the molecule is O=C1O[C@H](Cc2ccncc2)C(=O)C1=C1SCCCS1. The topological polar surface area (TPSA) is 56.3 Å². The van der Waals surface area contributed by atoms with Gasteiger partial charge in [0.25, 0.3) is 0 Å². The third kappa shape index (κ3) is 2.76. The van der Waals surface area contributed by atoms with Gasteiger partial charge >= 0.3 is 5.97 Å². The number of pyridine rings is 1. The van der Waals surface area contributed by atoms with Crippen LogP contribution in [0.4, 0.5) is 0 Å². The van der Waals surface area contributed by atoms with E-state index in [0.717, 1.165) is 27.7 Å². The number of nitrogens with zero attached hydrogens (tertiary/aromatic N) is 1. The van der Waals surface area contributed by atoms with Gasteiger partial charge in [-0.25, -0.2) is 4.79 Å². The Kier molecular flexibility index (Phi) is 4.12. The zero-order chi connectivity index (χ0) is 13.9. The normalized spacial score (nSPS) is 23.1. The van der Waals surface area contributed by atoms with Crippen molar-refractivity contribution in [2.75, 3.05) is 11.5 Å². The third-order valence-electron chi connectivity index (χ3n) is 3.12. The molecular weight excluding hydrogens is 294 g/mol. The first-order valence-corrected chi connectivity index (χ1v) is 8.37. The summed E-state index contributed by atoms with van der Waals surface area (Å²) in [5.74, 6) is 1.28. The van der Waals surface area contributed by atoms with Crippen molar-refractivity contribution in [3.05, 3.63) is 39.9 Å². The number of hydrogen-bond acceptors (Lipinski definition) is 6. The first-order valence-electron chi connectivity index (χ1n) is 6.39. The lowest BCUT2D eigenvalue weighted by Crippen LogP contribution is -2.19. The second kappa shape index (κ2) is 6.01. The monoisotopic (exact) mass is 307 g/mol. The average Bonchev–Trinajstić information content (AvgIpc) is 2.75. The summed E-state index contributed by atoms with van der Waals surface area (Å²) in [7, 11) is 0. The number of esters is 1. The molecule has 0 amide bonds. The minimum atomic E-state index is -0.685. The van der Waals surface area contributed by atoms with E-state index in [-0.39, 0.29) is 11.4 Å². The Hall–Kier alpha value is -1.27. The lowest BCUT2D eigenvalue weighted by molar-refractivity contribution is -0.140. The highest BCUT2D eigenvalue weighted by molar-refractivity contribution is 8.22. The summed E-state index contributed by atoms with van der Waals surface area (Å²) >= 11 is 3.17. The Morgan fingerprint density at radius 3 is 2.60 bits per heavy atom. The molecular formula is C14H13NO3S2. The van der Waals surface area contributed by atoms with E-state index in [2.05, 4.69) is 4.98 Å². The van der Waals surface area contributed by atoms with Crippen LogP contribution in [0.3, 0.4) is 0 Å².